The molecule has 0 bridgehead atoms. The molecule has 7 heteroatoms. The number of hydrogen-bond donors (Lipinski definition) is 1. The Hall–Kier alpha value is -0.560. The molecule has 1 N–H and O–H groups in total. The van der Waals surface area contributed by atoms with Crippen LogP contribution in [0, 0.1) is 0 Å². The molecule has 1 saturated carbocycles. The van der Waals surface area contributed by atoms with Crippen molar-refractivity contribution in [2.24, 2.45) is 0 Å². The standard InChI is InChI=1S/C13H19BrN2O3S/c1-13(6-7-20(18,19)8-13)16-12(17)10(14)11(15-16)9-4-2-3-5-9/h9,15H,2-8H2,1H3. The molecule has 1 aliphatic heterocycles. The minimum atomic E-state index is -3.04. The van der Waals surface area contributed by atoms with E-state index in [1.807, 2.05) is 6.92 Å². The molecule has 1 saturated heterocycles. The number of sulfone groups is 1. The average molecular weight is 363 g/mol. The van der Waals surface area contributed by atoms with Crippen LogP contribution in [0.3, 0.4) is 0 Å². The highest BCUT2D eigenvalue weighted by Crippen LogP contribution is 2.37. The molecule has 1 aromatic heterocycles. The van der Waals surface area contributed by atoms with Gasteiger partial charge in [-0.05, 0) is 42.1 Å². The minimum Gasteiger partial charge on any atom is -0.298 e. The highest BCUT2D eigenvalue weighted by Gasteiger charge is 2.42. The number of rotatable bonds is 2. The van der Waals surface area contributed by atoms with Crippen LogP contribution in [0.15, 0.2) is 9.27 Å². The zero-order valence-corrected chi connectivity index (χ0v) is 13.9. The summed E-state index contributed by atoms with van der Waals surface area (Å²) in [7, 11) is -3.04. The maximum absolute atomic E-state index is 12.4. The fraction of sp³-hybridized carbons (Fsp3) is 0.769. The van der Waals surface area contributed by atoms with Gasteiger partial charge in [0.2, 0.25) is 0 Å². The molecule has 0 radical (unpaired) electrons. The van der Waals surface area contributed by atoms with E-state index in [4.69, 9.17) is 0 Å². The van der Waals surface area contributed by atoms with Crippen LogP contribution >= 0.6 is 15.9 Å². The van der Waals surface area contributed by atoms with Gasteiger partial charge in [0, 0.05) is 5.92 Å². The fourth-order valence-electron chi connectivity index (χ4n) is 3.47. The van der Waals surface area contributed by atoms with Crippen molar-refractivity contribution in [1.29, 1.82) is 0 Å². The SMILES string of the molecule is CC1(n2[nH]c(C3CCCC3)c(Br)c2=O)CCS(=O)(=O)C1. The van der Waals surface area contributed by atoms with Gasteiger partial charge in [-0.25, -0.2) is 13.1 Å². The van der Waals surface area contributed by atoms with E-state index in [2.05, 4.69) is 21.0 Å². The van der Waals surface area contributed by atoms with Crippen molar-refractivity contribution in [2.45, 2.75) is 50.5 Å². The Labute approximate surface area is 126 Å². The lowest BCUT2D eigenvalue weighted by atomic mass is 10.0. The summed E-state index contributed by atoms with van der Waals surface area (Å²) in [6.07, 6.45) is 5.05. The van der Waals surface area contributed by atoms with Crippen molar-refractivity contribution < 1.29 is 8.42 Å². The van der Waals surface area contributed by atoms with Crippen LogP contribution in [0.5, 0.6) is 0 Å². The number of aromatic nitrogens is 2. The van der Waals surface area contributed by atoms with Crippen molar-refractivity contribution >= 4 is 25.8 Å². The quantitative estimate of drug-likeness (QED) is 0.875. The lowest BCUT2D eigenvalue weighted by molar-refractivity contribution is 0.316. The van der Waals surface area contributed by atoms with Crippen molar-refractivity contribution in [2.75, 3.05) is 11.5 Å². The molecule has 112 valence electrons. The van der Waals surface area contributed by atoms with E-state index in [-0.39, 0.29) is 17.1 Å². The Morgan fingerprint density at radius 3 is 2.55 bits per heavy atom. The largest absolute Gasteiger partial charge is 0.298 e. The Bertz CT molecular complexity index is 685. The summed E-state index contributed by atoms with van der Waals surface area (Å²) in [5.41, 5.74) is 0.166. The first kappa shape index (κ1) is 14.4. The third-order valence-electron chi connectivity index (χ3n) is 4.65. The zero-order chi connectivity index (χ0) is 14.5. The number of aromatic amines is 1. The van der Waals surface area contributed by atoms with E-state index in [1.165, 1.54) is 17.5 Å². The zero-order valence-electron chi connectivity index (χ0n) is 11.5. The summed E-state index contributed by atoms with van der Waals surface area (Å²) in [4.78, 5) is 12.4. The van der Waals surface area contributed by atoms with E-state index in [1.54, 1.807) is 0 Å². The molecule has 2 fully saturated rings. The molecule has 1 atom stereocenters. The number of H-pyrrole nitrogens is 1. The summed E-state index contributed by atoms with van der Waals surface area (Å²) in [6.45, 7) is 1.85. The van der Waals surface area contributed by atoms with Crippen LogP contribution in [0.25, 0.3) is 0 Å². The van der Waals surface area contributed by atoms with Crippen LogP contribution in [0.2, 0.25) is 0 Å². The molecule has 2 heterocycles. The fourth-order valence-corrected chi connectivity index (χ4v) is 6.17. The molecule has 0 amide bonds. The lowest BCUT2D eigenvalue weighted by Crippen LogP contribution is -2.39. The molecule has 5 nitrogen and oxygen atoms in total. The maximum Gasteiger partial charge on any atom is 0.281 e. The van der Waals surface area contributed by atoms with E-state index in [0.717, 1.165) is 18.5 Å². The van der Waals surface area contributed by atoms with Gasteiger partial charge < -0.3 is 0 Å². The molecular formula is C13H19BrN2O3S. The van der Waals surface area contributed by atoms with Crippen molar-refractivity contribution in [3.63, 3.8) is 0 Å². The first-order valence-electron chi connectivity index (χ1n) is 7.04. The topological polar surface area (TPSA) is 71.9 Å². The Morgan fingerprint density at radius 1 is 1.35 bits per heavy atom. The molecular weight excluding hydrogens is 344 g/mol. The molecule has 1 aliphatic carbocycles. The van der Waals surface area contributed by atoms with Crippen LogP contribution in [-0.2, 0) is 15.4 Å². The summed E-state index contributed by atoms with van der Waals surface area (Å²) in [5.74, 6) is 0.586. The van der Waals surface area contributed by atoms with Crippen LogP contribution in [0.4, 0.5) is 0 Å². The van der Waals surface area contributed by atoms with E-state index >= 15 is 0 Å². The summed E-state index contributed by atoms with van der Waals surface area (Å²) in [6, 6.07) is 0. The predicted octanol–water partition coefficient (Wildman–Crippen LogP) is 2.13. The number of nitrogens with one attached hydrogen (secondary N) is 1. The van der Waals surface area contributed by atoms with Gasteiger partial charge in [-0.3, -0.25) is 9.89 Å². The van der Waals surface area contributed by atoms with E-state index in [9.17, 15) is 13.2 Å². The van der Waals surface area contributed by atoms with Gasteiger partial charge in [-0.1, -0.05) is 12.8 Å². The summed E-state index contributed by atoms with van der Waals surface area (Å²) in [5, 5.41) is 3.20. The summed E-state index contributed by atoms with van der Waals surface area (Å²) >= 11 is 3.40. The van der Waals surface area contributed by atoms with Gasteiger partial charge in [0.25, 0.3) is 5.56 Å². The average Bonchev–Trinajstić information content (AvgIpc) is 3.03. The molecule has 3 rings (SSSR count). The van der Waals surface area contributed by atoms with Gasteiger partial charge in [0.1, 0.15) is 4.47 Å². The third-order valence-corrected chi connectivity index (χ3v) is 7.30. The Balaban J connectivity index is 2.03. The normalized spacial score (nSPS) is 30.1. The van der Waals surface area contributed by atoms with Gasteiger partial charge >= 0.3 is 0 Å². The second-order valence-electron chi connectivity index (χ2n) is 6.30. The predicted molar refractivity (Wildman–Crippen MR) is 80.9 cm³/mol. The molecule has 0 aromatic carbocycles. The van der Waals surface area contributed by atoms with Crippen LogP contribution < -0.4 is 5.56 Å². The summed E-state index contributed by atoms with van der Waals surface area (Å²) < 4.78 is 25.6. The van der Waals surface area contributed by atoms with Gasteiger partial charge in [0.15, 0.2) is 9.84 Å². The number of nitrogens with zero attached hydrogens (tertiary/aromatic N) is 1. The highest BCUT2D eigenvalue weighted by atomic mass is 79.9. The van der Waals surface area contributed by atoms with Crippen molar-refractivity contribution in [3.05, 3.63) is 20.5 Å². The van der Waals surface area contributed by atoms with Gasteiger partial charge in [-0.15, -0.1) is 0 Å². The molecule has 2 aliphatic rings. The van der Waals surface area contributed by atoms with E-state index in [0.29, 0.717) is 16.8 Å². The lowest BCUT2D eigenvalue weighted by Gasteiger charge is -2.23. The minimum absolute atomic E-state index is 0.0387. The monoisotopic (exact) mass is 362 g/mol. The second kappa shape index (κ2) is 4.73. The smallest absolute Gasteiger partial charge is 0.281 e. The van der Waals surface area contributed by atoms with Gasteiger partial charge in [-0.2, -0.15) is 0 Å². The van der Waals surface area contributed by atoms with Crippen LogP contribution in [0.1, 0.15) is 50.6 Å². The first-order valence-corrected chi connectivity index (χ1v) is 9.65. The number of hydrogen-bond acceptors (Lipinski definition) is 3. The molecule has 20 heavy (non-hydrogen) atoms. The highest BCUT2D eigenvalue weighted by molar-refractivity contribution is 9.10. The number of halogens is 1. The van der Waals surface area contributed by atoms with E-state index < -0.39 is 15.4 Å². The molecule has 1 unspecified atom stereocenters. The van der Waals surface area contributed by atoms with Crippen molar-refractivity contribution in [3.8, 4) is 0 Å². The Kier molecular flexibility index (Phi) is 3.40. The molecule has 1 aromatic rings. The maximum atomic E-state index is 12.4. The second-order valence-corrected chi connectivity index (χ2v) is 9.28. The first-order chi connectivity index (χ1) is 9.32. The Morgan fingerprint density at radius 2 is 2.00 bits per heavy atom. The van der Waals surface area contributed by atoms with Crippen LogP contribution in [-0.4, -0.2) is 29.7 Å². The molecule has 0 spiro atoms. The third kappa shape index (κ3) is 2.28. The van der Waals surface area contributed by atoms with Crippen molar-refractivity contribution in [1.82, 2.24) is 9.78 Å². The van der Waals surface area contributed by atoms with Gasteiger partial charge in [0.05, 0.1) is 22.7 Å².